The summed E-state index contributed by atoms with van der Waals surface area (Å²) in [6, 6.07) is 3.99. The predicted octanol–water partition coefficient (Wildman–Crippen LogP) is -0.597. The van der Waals surface area contributed by atoms with Gasteiger partial charge in [-0.25, -0.2) is 14.3 Å². The van der Waals surface area contributed by atoms with Crippen LogP contribution in [-0.4, -0.2) is 78.9 Å². The molecule has 0 bridgehead atoms. The standard InChI is InChI=1S/C24H20N10O6S2/c1-40-32-16(15-9-42-24(26)28-15)20(36)29-17-21(37)34-18(23(38)39)12(8-41-22(17)34)7-33-4-2-11(3-5-33)13-6-14(31-30-13)19(35)27-10-25/h2-6,9,17,22H,7-8H2,1H3,(H5,26,27,28,29,35,36,38,39)/p+1/b32-16-/t17-,22-/m1/s1. The maximum Gasteiger partial charge on any atom is 0.352 e. The van der Waals surface area contributed by atoms with E-state index in [9.17, 15) is 24.3 Å². The van der Waals surface area contributed by atoms with Crippen molar-refractivity contribution in [2.45, 2.75) is 18.0 Å². The minimum Gasteiger partial charge on any atom is -0.477 e. The molecule has 214 valence electrons. The van der Waals surface area contributed by atoms with Gasteiger partial charge in [-0.1, -0.05) is 5.16 Å². The molecule has 0 aliphatic carbocycles. The number of carbonyl (C=O) groups excluding carboxylic acids is 3. The van der Waals surface area contributed by atoms with Gasteiger partial charge in [-0.15, -0.1) is 23.1 Å². The maximum absolute atomic E-state index is 13.1. The van der Waals surface area contributed by atoms with Gasteiger partial charge in [0.2, 0.25) is 0 Å². The number of thiazole rings is 1. The fraction of sp³-hybridized carbons (Fsp3) is 0.208. The number of hydrogen-bond donors (Lipinski definition) is 5. The van der Waals surface area contributed by atoms with Gasteiger partial charge in [0.1, 0.15) is 35.6 Å². The molecule has 3 aromatic rings. The van der Waals surface area contributed by atoms with Crippen molar-refractivity contribution in [3.8, 4) is 17.5 Å². The number of nitrogens with one attached hydrogen (secondary N) is 3. The van der Waals surface area contributed by atoms with E-state index in [1.54, 1.807) is 35.3 Å². The van der Waals surface area contributed by atoms with Crippen molar-refractivity contribution in [2.24, 2.45) is 5.16 Å². The summed E-state index contributed by atoms with van der Waals surface area (Å²) in [7, 11) is 1.26. The third kappa shape index (κ3) is 5.37. The summed E-state index contributed by atoms with van der Waals surface area (Å²) in [5, 5.41) is 34.7. The summed E-state index contributed by atoms with van der Waals surface area (Å²) in [5.74, 6) is -2.85. The number of pyridine rings is 1. The van der Waals surface area contributed by atoms with Crippen molar-refractivity contribution in [1.29, 1.82) is 5.26 Å². The lowest BCUT2D eigenvalue weighted by Crippen LogP contribution is -2.71. The Morgan fingerprint density at radius 3 is 2.79 bits per heavy atom. The van der Waals surface area contributed by atoms with E-state index >= 15 is 0 Å². The SMILES string of the molecule is CO/N=C(\C(=O)N[C@@H]1C(=O)N2C(C(=O)O)=C(C[n+]3ccc(-c4cc(C(=O)NC#N)[nH]n4)cc3)CS[C@H]12)c1csc(N)n1. The van der Waals surface area contributed by atoms with Gasteiger partial charge in [-0.3, -0.25) is 29.7 Å². The Morgan fingerprint density at radius 2 is 2.14 bits per heavy atom. The van der Waals surface area contributed by atoms with Crippen LogP contribution in [0.5, 0.6) is 0 Å². The number of aromatic nitrogens is 4. The molecule has 1 fully saturated rings. The first-order chi connectivity index (χ1) is 20.2. The normalized spacial score (nSPS) is 18.0. The number of fused-ring (bicyclic) bond motifs is 1. The summed E-state index contributed by atoms with van der Waals surface area (Å²) < 4.78 is 1.75. The van der Waals surface area contributed by atoms with E-state index in [0.29, 0.717) is 22.6 Å². The molecule has 1 saturated heterocycles. The van der Waals surface area contributed by atoms with Crippen LogP contribution in [0, 0.1) is 11.5 Å². The van der Waals surface area contributed by atoms with Crippen LogP contribution in [0.4, 0.5) is 5.13 Å². The Labute approximate surface area is 244 Å². The van der Waals surface area contributed by atoms with Crippen molar-refractivity contribution in [1.82, 2.24) is 30.7 Å². The third-order valence-corrected chi connectivity index (χ3v) is 8.26. The average molecular weight is 610 g/mol. The Bertz CT molecular complexity index is 1690. The van der Waals surface area contributed by atoms with E-state index in [1.807, 2.05) is 5.32 Å². The lowest BCUT2D eigenvalue weighted by Gasteiger charge is -2.49. The number of nitrogens with zero attached hydrogens (tertiary/aromatic N) is 6. The number of anilines is 1. The lowest BCUT2D eigenvalue weighted by atomic mass is 10.0. The molecule has 0 aromatic carbocycles. The maximum atomic E-state index is 13.1. The molecule has 0 spiro atoms. The van der Waals surface area contributed by atoms with Crippen LogP contribution in [0.3, 0.4) is 0 Å². The Balaban J connectivity index is 1.29. The predicted molar refractivity (Wildman–Crippen MR) is 147 cm³/mol. The molecule has 16 nitrogen and oxygen atoms in total. The van der Waals surface area contributed by atoms with Crippen molar-refractivity contribution in [2.75, 3.05) is 18.6 Å². The zero-order valence-electron chi connectivity index (χ0n) is 21.6. The number of aliphatic carboxylic acids is 1. The van der Waals surface area contributed by atoms with E-state index in [0.717, 1.165) is 11.3 Å². The topological polar surface area (TPSA) is 233 Å². The number of hydrogen-bond acceptors (Lipinski definition) is 12. The summed E-state index contributed by atoms with van der Waals surface area (Å²) in [6.45, 7) is 0.189. The zero-order valence-corrected chi connectivity index (χ0v) is 23.2. The first-order valence-electron chi connectivity index (χ1n) is 12.0. The first-order valence-corrected chi connectivity index (χ1v) is 13.9. The molecule has 2 atom stereocenters. The van der Waals surface area contributed by atoms with Crippen LogP contribution in [-0.2, 0) is 25.8 Å². The molecular formula is C24H21N10O6S2+. The second kappa shape index (κ2) is 11.7. The van der Waals surface area contributed by atoms with Gasteiger partial charge in [-0.05, 0) is 6.07 Å². The number of β-lactam (4-membered cyclic amide) rings is 1. The molecule has 0 unspecified atom stereocenters. The summed E-state index contributed by atoms with van der Waals surface area (Å²) in [5.41, 5.74) is 7.33. The minimum atomic E-state index is -1.26. The third-order valence-electron chi connectivity index (χ3n) is 6.25. The number of H-pyrrole nitrogens is 1. The van der Waals surface area contributed by atoms with Gasteiger partial charge < -0.3 is 21.0 Å². The minimum absolute atomic E-state index is 0.122. The van der Waals surface area contributed by atoms with Crippen LogP contribution in [0.25, 0.3) is 11.3 Å². The molecule has 5 rings (SSSR count). The van der Waals surface area contributed by atoms with E-state index in [-0.39, 0.29) is 34.5 Å². The Morgan fingerprint density at radius 1 is 1.38 bits per heavy atom. The number of nitriles is 1. The highest BCUT2D eigenvalue weighted by Gasteiger charge is 2.54. The van der Waals surface area contributed by atoms with Gasteiger partial charge in [0.15, 0.2) is 36.0 Å². The Hall–Kier alpha value is -5.28. The molecule has 2 aliphatic heterocycles. The molecule has 0 radical (unpaired) electrons. The van der Waals surface area contributed by atoms with E-state index < -0.39 is 35.1 Å². The first kappa shape index (κ1) is 28.3. The number of carboxylic acid groups (broad SMARTS) is 1. The number of oxime groups is 1. The number of rotatable bonds is 9. The Kier molecular flexibility index (Phi) is 7.86. The summed E-state index contributed by atoms with van der Waals surface area (Å²) in [4.78, 5) is 60.0. The molecule has 6 N–H and O–H groups in total. The van der Waals surface area contributed by atoms with Crippen LogP contribution in [0.1, 0.15) is 16.2 Å². The largest absolute Gasteiger partial charge is 0.477 e. The summed E-state index contributed by atoms with van der Waals surface area (Å²) >= 11 is 2.44. The van der Waals surface area contributed by atoms with Gasteiger partial charge in [0.25, 0.3) is 17.7 Å². The highest BCUT2D eigenvalue weighted by molar-refractivity contribution is 8.00. The number of amides is 3. The number of carboxylic acids is 1. The van der Waals surface area contributed by atoms with Crippen molar-refractivity contribution in [3.05, 3.63) is 58.6 Å². The van der Waals surface area contributed by atoms with Gasteiger partial charge in [-0.2, -0.15) is 10.4 Å². The molecule has 2 aliphatic rings. The molecule has 18 heteroatoms. The van der Waals surface area contributed by atoms with E-state index in [4.69, 9.17) is 15.8 Å². The van der Waals surface area contributed by atoms with Crippen molar-refractivity contribution < 1.29 is 33.7 Å². The number of aromatic amines is 1. The van der Waals surface area contributed by atoms with Gasteiger partial charge in [0.05, 0.1) is 5.69 Å². The molecule has 3 amide bonds. The van der Waals surface area contributed by atoms with Crippen molar-refractivity contribution >= 4 is 57.6 Å². The number of nitrogen functional groups attached to an aromatic ring is 1. The summed E-state index contributed by atoms with van der Waals surface area (Å²) in [6.07, 6.45) is 4.98. The smallest absolute Gasteiger partial charge is 0.352 e. The number of carbonyl (C=O) groups is 4. The van der Waals surface area contributed by atoms with E-state index in [1.165, 1.54) is 35.2 Å². The number of thioether (sulfide) groups is 1. The van der Waals surface area contributed by atoms with Crippen LogP contribution in [0.2, 0.25) is 0 Å². The molecular weight excluding hydrogens is 588 g/mol. The lowest BCUT2D eigenvalue weighted by molar-refractivity contribution is -0.689. The molecule has 3 aromatic heterocycles. The van der Waals surface area contributed by atoms with Gasteiger partial charge in [0, 0.05) is 34.4 Å². The van der Waals surface area contributed by atoms with Gasteiger partial charge >= 0.3 is 5.97 Å². The second-order valence-corrected chi connectivity index (χ2v) is 10.8. The average Bonchev–Trinajstić information content (AvgIpc) is 3.64. The highest BCUT2D eigenvalue weighted by Crippen LogP contribution is 2.40. The quantitative estimate of drug-likeness (QED) is 0.0513. The zero-order chi connectivity index (χ0) is 30.0. The van der Waals surface area contributed by atoms with E-state index in [2.05, 4.69) is 25.7 Å². The molecule has 5 heterocycles. The monoisotopic (exact) mass is 609 g/mol. The van der Waals surface area contributed by atoms with Crippen LogP contribution >= 0.6 is 23.1 Å². The fourth-order valence-corrected chi connectivity index (χ4v) is 6.25. The van der Waals surface area contributed by atoms with Crippen LogP contribution in [0.15, 0.2) is 52.4 Å². The number of nitrogens with two attached hydrogens (primary N) is 1. The highest BCUT2D eigenvalue weighted by atomic mass is 32.2. The fourth-order valence-electron chi connectivity index (χ4n) is 4.36. The molecule has 0 saturated carbocycles. The van der Waals surface area contributed by atoms with Crippen LogP contribution < -0.4 is 20.9 Å². The second-order valence-electron chi connectivity index (χ2n) is 8.80. The molecule has 42 heavy (non-hydrogen) atoms. The van der Waals surface area contributed by atoms with Crippen molar-refractivity contribution in [3.63, 3.8) is 0 Å².